The predicted molar refractivity (Wildman–Crippen MR) is 90.2 cm³/mol. The molecule has 0 bridgehead atoms. The molecule has 0 unspecified atom stereocenters. The molecule has 3 amide bonds. The number of nitrogens with two attached hydrogens (primary N) is 1. The van der Waals surface area contributed by atoms with Crippen molar-refractivity contribution in [3.05, 3.63) is 45.6 Å². The van der Waals surface area contributed by atoms with Gasteiger partial charge in [0.1, 0.15) is 5.00 Å². The number of ether oxygens (including phenoxy) is 1. The number of halogens is 4. The molecule has 0 fully saturated rings. The molecule has 1 aromatic heterocycles. The monoisotopic (exact) mass is 403 g/mol. The van der Waals surface area contributed by atoms with Gasteiger partial charge in [-0.05, 0) is 24.1 Å². The van der Waals surface area contributed by atoms with E-state index in [0.717, 1.165) is 28.3 Å². The van der Waals surface area contributed by atoms with Crippen molar-refractivity contribution >= 4 is 34.0 Å². The fourth-order valence-electron chi connectivity index (χ4n) is 2.69. The second-order valence-corrected chi connectivity index (χ2v) is 6.72. The highest BCUT2D eigenvalue weighted by Crippen LogP contribution is 2.37. The lowest BCUT2D eigenvalue weighted by molar-refractivity contribution is -0.139. The average molecular weight is 403 g/mol. The van der Waals surface area contributed by atoms with E-state index in [2.05, 4.69) is 5.32 Å². The van der Waals surface area contributed by atoms with E-state index in [1.165, 1.54) is 0 Å². The molecule has 11 heteroatoms. The minimum absolute atomic E-state index is 0.123. The predicted octanol–water partition coefficient (Wildman–Crippen LogP) is 3.72. The van der Waals surface area contributed by atoms with Crippen molar-refractivity contribution in [1.29, 1.82) is 0 Å². The van der Waals surface area contributed by atoms with Crippen molar-refractivity contribution in [3.8, 4) is 0 Å². The largest absolute Gasteiger partial charge is 0.419 e. The number of anilines is 2. The number of benzene rings is 1. The summed E-state index contributed by atoms with van der Waals surface area (Å²) >= 11 is 1.07. The van der Waals surface area contributed by atoms with Gasteiger partial charge in [0.05, 0.1) is 30.0 Å². The van der Waals surface area contributed by atoms with Crippen LogP contribution in [0.5, 0.6) is 0 Å². The summed E-state index contributed by atoms with van der Waals surface area (Å²) in [5, 5.41) is 4.49. The number of fused-ring (bicyclic) bond motifs is 1. The van der Waals surface area contributed by atoms with E-state index in [9.17, 15) is 27.2 Å². The Labute approximate surface area is 154 Å². The molecule has 0 aliphatic carbocycles. The van der Waals surface area contributed by atoms with E-state index in [0.29, 0.717) is 24.7 Å². The summed E-state index contributed by atoms with van der Waals surface area (Å²) in [5.41, 5.74) is 4.02. The van der Waals surface area contributed by atoms with Crippen LogP contribution in [0.3, 0.4) is 0 Å². The maximum Gasteiger partial charge on any atom is 0.419 e. The Hall–Kier alpha value is -2.66. The van der Waals surface area contributed by atoms with Crippen LogP contribution in [-0.2, 0) is 23.9 Å². The third kappa shape index (κ3) is 3.88. The second-order valence-electron chi connectivity index (χ2n) is 5.62. The number of alkyl halides is 3. The Bertz CT molecular complexity index is 911. The van der Waals surface area contributed by atoms with E-state index in [1.54, 1.807) is 0 Å². The molecule has 0 radical (unpaired) electrons. The van der Waals surface area contributed by atoms with Gasteiger partial charge in [0.2, 0.25) is 0 Å². The number of carbonyl (C=O) groups excluding carboxylic acids is 2. The lowest BCUT2D eigenvalue weighted by Crippen LogP contribution is -2.23. The highest BCUT2D eigenvalue weighted by atomic mass is 32.1. The van der Waals surface area contributed by atoms with Crippen molar-refractivity contribution in [2.75, 3.05) is 17.2 Å². The van der Waals surface area contributed by atoms with Crippen molar-refractivity contribution in [2.45, 2.75) is 19.2 Å². The lowest BCUT2D eigenvalue weighted by atomic mass is 10.1. The van der Waals surface area contributed by atoms with Crippen LogP contribution in [-0.4, -0.2) is 18.5 Å². The number of carbonyl (C=O) groups is 2. The zero-order valence-electron chi connectivity index (χ0n) is 13.6. The van der Waals surface area contributed by atoms with Gasteiger partial charge in [-0.3, -0.25) is 10.1 Å². The van der Waals surface area contributed by atoms with Gasteiger partial charge < -0.3 is 15.8 Å². The minimum atomic E-state index is -4.90. The fraction of sp³-hybridized carbons (Fsp3) is 0.250. The highest BCUT2D eigenvalue weighted by molar-refractivity contribution is 7.17. The summed E-state index contributed by atoms with van der Waals surface area (Å²) in [6, 6.07) is 1.52. The first kappa shape index (κ1) is 19.1. The van der Waals surface area contributed by atoms with Crippen molar-refractivity contribution in [1.82, 2.24) is 0 Å². The van der Waals surface area contributed by atoms with Crippen molar-refractivity contribution in [3.63, 3.8) is 0 Å². The number of thiophene rings is 1. The van der Waals surface area contributed by atoms with E-state index in [-0.39, 0.29) is 17.2 Å². The molecule has 0 saturated carbocycles. The molecule has 1 aliphatic heterocycles. The first-order valence-corrected chi connectivity index (χ1v) is 8.46. The maximum absolute atomic E-state index is 14.0. The lowest BCUT2D eigenvalue weighted by Gasteiger charge is -2.13. The van der Waals surface area contributed by atoms with Crippen LogP contribution < -0.4 is 16.4 Å². The number of hydrogen-bond donors (Lipinski definition) is 3. The quantitative estimate of drug-likeness (QED) is 0.682. The topological polar surface area (TPSA) is 93.5 Å². The molecule has 144 valence electrons. The van der Waals surface area contributed by atoms with Gasteiger partial charge in [-0.25, -0.2) is 9.18 Å². The number of rotatable bonds is 3. The van der Waals surface area contributed by atoms with Crippen LogP contribution in [0.15, 0.2) is 18.2 Å². The van der Waals surface area contributed by atoms with Gasteiger partial charge in [-0.2, -0.15) is 13.2 Å². The van der Waals surface area contributed by atoms with Gasteiger partial charge in [-0.1, -0.05) is 6.07 Å². The summed E-state index contributed by atoms with van der Waals surface area (Å²) in [5.74, 6) is -2.36. The molecule has 1 aliphatic rings. The van der Waals surface area contributed by atoms with Gasteiger partial charge in [-0.15, -0.1) is 11.3 Å². The summed E-state index contributed by atoms with van der Waals surface area (Å²) in [7, 11) is 0. The first-order chi connectivity index (χ1) is 12.7. The zero-order valence-corrected chi connectivity index (χ0v) is 14.4. The zero-order chi connectivity index (χ0) is 19.8. The normalized spacial score (nSPS) is 13.8. The molecular weight excluding hydrogens is 390 g/mol. The van der Waals surface area contributed by atoms with Crippen LogP contribution in [0.1, 0.15) is 26.4 Å². The maximum atomic E-state index is 14.0. The number of nitrogens with one attached hydrogen (secondary N) is 2. The van der Waals surface area contributed by atoms with E-state index >= 15 is 0 Å². The summed E-state index contributed by atoms with van der Waals surface area (Å²) in [6.07, 6.45) is -4.46. The van der Waals surface area contributed by atoms with Gasteiger partial charge in [0.15, 0.2) is 5.82 Å². The molecule has 1 aromatic carbocycles. The highest BCUT2D eigenvalue weighted by Gasteiger charge is 2.35. The Morgan fingerprint density at radius 3 is 2.63 bits per heavy atom. The van der Waals surface area contributed by atoms with Gasteiger partial charge in [0.25, 0.3) is 5.91 Å². The smallest absolute Gasteiger partial charge is 0.376 e. The molecule has 3 rings (SSSR count). The number of primary amides is 1. The third-order valence-electron chi connectivity index (χ3n) is 3.85. The summed E-state index contributed by atoms with van der Waals surface area (Å²) in [4.78, 5) is 24.6. The number of urea groups is 1. The van der Waals surface area contributed by atoms with Crippen molar-refractivity contribution < 1.29 is 31.9 Å². The molecule has 0 atom stereocenters. The first-order valence-electron chi connectivity index (χ1n) is 7.64. The van der Waals surface area contributed by atoms with Crippen LogP contribution in [0, 0.1) is 5.82 Å². The van der Waals surface area contributed by atoms with E-state index in [1.807, 2.05) is 5.32 Å². The van der Waals surface area contributed by atoms with Gasteiger partial charge >= 0.3 is 12.2 Å². The van der Waals surface area contributed by atoms with Gasteiger partial charge in [0, 0.05) is 4.88 Å². The standard InChI is InChI=1S/C16H13F4N3O3S/c17-12-8(16(18,19)20)2-1-3-9(12)22-15(25)23-14-11(13(21)24)7-4-5-26-6-10(7)27-14/h1-3H,4-6H2,(H2,21,24)(H2,22,23,25). The molecule has 0 saturated heterocycles. The average Bonchev–Trinajstić information content (AvgIpc) is 2.93. The molecule has 27 heavy (non-hydrogen) atoms. The Kier molecular flexibility index (Phi) is 5.07. The van der Waals surface area contributed by atoms with Crippen molar-refractivity contribution in [2.24, 2.45) is 5.73 Å². The van der Waals surface area contributed by atoms with E-state index < -0.39 is 35.2 Å². The number of hydrogen-bond acceptors (Lipinski definition) is 4. The molecule has 0 spiro atoms. The third-order valence-corrected chi connectivity index (χ3v) is 4.97. The molecule has 2 heterocycles. The summed E-state index contributed by atoms with van der Waals surface area (Å²) < 4.78 is 57.6. The van der Waals surface area contributed by atoms with E-state index in [4.69, 9.17) is 10.5 Å². The fourth-order valence-corrected chi connectivity index (χ4v) is 3.87. The Balaban J connectivity index is 1.84. The second kappa shape index (κ2) is 7.16. The summed E-state index contributed by atoms with van der Waals surface area (Å²) in [6.45, 7) is 0.650. The van der Waals surface area contributed by atoms with Crippen LogP contribution in [0.2, 0.25) is 0 Å². The molecule has 4 N–H and O–H groups in total. The number of amides is 3. The van der Waals surface area contributed by atoms with Crippen LogP contribution >= 0.6 is 11.3 Å². The van der Waals surface area contributed by atoms with Crippen LogP contribution in [0.4, 0.5) is 33.0 Å². The molecular formula is C16H13F4N3O3S. The Morgan fingerprint density at radius 2 is 1.96 bits per heavy atom. The SMILES string of the molecule is NC(=O)c1c(NC(=O)Nc2cccc(C(F)(F)F)c2F)sc2c1CCOC2. The molecule has 6 nitrogen and oxygen atoms in total. The Morgan fingerprint density at radius 1 is 1.22 bits per heavy atom. The van der Waals surface area contributed by atoms with Crippen LogP contribution in [0.25, 0.3) is 0 Å². The minimum Gasteiger partial charge on any atom is -0.376 e. The molecule has 2 aromatic rings.